The van der Waals surface area contributed by atoms with Gasteiger partial charge in [0.05, 0.1) is 10.9 Å². The monoisotopic (exact) mass is 401 g/mol. The second kappa shape index (κ2) is 7.95. The van der Waals surface area contributed by atoms with Crippen LogP contribution in [0.5, 0.6) is 0 Å². The largest absolute Gasteiger partial charge is 0.455 e. The van der Waals surface area contributed by atoms with Gasteiger partial charge in [-0.1, -0.05) is 48.5 Å². The van der Waals surface area contributed by atoms with Gasteiger partial charge in [0.25, 0.3) is 5.91 Å². The van der Waals surface area contributed by atoms with E-state index in [9.17, 15) is 14.0 Å². The fourth-order valence-corrected chi connectivity index (χ4v) is 3.48. The molecule has 0 saturated carbocycles. The van der Waals surface area contributed by atoms with E-state index < -0.39 is 0 Å². The van der Waals surface area contributed by atoms with E-state index in [4.69, 9.17) is 4.42 Å². The molecule has 1 aromatic heterocycles. The number of rotatable bonds is 4. The zero-order valence-electron chi connectivity index (χ0n) is 16.7. The average Bonchev–Trinajstić information content (AvgIpc) is 2.77. The number of fused-ring (bicyclic) bond motifs is 1. The lowest BCUT2D eigenvalue weighted by Crippen LogP contribution is -2.26. The molecule has 5 heteroatoms. The molecule has 0 bridgehead atoms. The first-order valence-electron chi connectivity index (χ1n) is 9.57. The standard InChI is InChI=1S/C25H20FNO3/c1-16-22(28)20-9-6-10-21(24(20)30-23(16)18-7-4-3-5-8-18)25(29)27(2)15-17-11-13-19(26)14-12-17/h3-14H,15H2,1-2H3. The quantitative estimate of drug-likeness (QED) is 0.473. The highest BCUT2D eigenvalue weighted by Gasteiger charge is 2.20. The molecule has 0 atom stereocenters. The summed E-state index contributed by atoms with van der Waals surface area (Å²) >= 11 is 0. The third kappa shape index (κ3) is 3.62. The molecule has 0 N–H and O–H groups in total. The van der Waals surface area contributed by atoms with Crippen LogP contribution in [0.15, 0.2) is 82.0 Å². The highest BCUT2D eigenvalue weighted by atomic mass is 19.1. The highest BCUT2D eigenvalue weighted by molar-refractivity contribution is 6.05. The van der Waals surface area contributed by atoms with Crippen LogP contribution < -0.4 is 5.43 Å². The molecule has 3 aromatic carbocycles. The number of carbonyl (C=O) groups is 1. The van der Waals surface area contributed by atoms with E-state index in [1.54, 1.807) is 44.3 Å². The van der Waals surface area contributed by atoms with Crippen LogP contribution in [0.3, 0.4) is 0 Å². The lowest BCUT2D eigenvalue weighted by atomic mass is 10.0. The first kappa shape index (κ1) is 19.6. The Morgan fingerprint density at radius 3 is 2.37 bits per heavy atom. The molecule has 0 unspecified atom stereocenters. The van der Waals surface area contributed by atoms with E-state index in [0.717, 1.165) is 11.1 Å². The number of benzene rings is 3. The molecule has 4 rings (SSSR count). The third-order valence-corrected chi connectivity index (χ3v) is 5.09. The summed E-state index contributed by atoms with van der Waals surface area (Å²) < 4.78 is 19.3. The summed E-state index contributed by atoms with van der Waals surface area (Å²) in [5.41, 5.74) is 2.49. The van der Waals surface area contributed by atoms with Gasteiger partial charge in [-0.3, -0.25) is 9.59 Å². The second-order valence-corrected chi connectivity index (χ2v) is 7.22. The Bertz CT molecular complexity index is 1280. The lowest BCUT2D eigenvalue weighted by Gasteiger charge is -2.18. The molecule has 0 aliphatic heterocycles. The number of nitrogens with zero attached hydrogens (tertiary/aromatic N) is 1. The van der Waals surface area contributed by atoms with E-state index in [-0.39, 0.29) is 22.7 Å². The number of amides is 1. The first-order valence-corrected chi connectivity index (χ1v) is 9.57. The number of hydrogen-bond donors (Lipinski definition) is 0. The van der Waals surface area contributed by atoms with Gasteiger partial charge in [-0.15, -0.1) is 0 Å². The Morgan fingerprint density at radius 2 is 1.67 bits per heavy atom. The fraction of sp³-hybridized carbons (Fsp3) is 0.120. The van der Waals surface area contributed by atoms with Crippen LogP contribution in [0.1, 0.15) is 21.5 Å². The summed E-state index contributed by atoms with van der Waals surface area (Å²) in [5, 5.41) is 0.369. The summed E-state index contributed by atoms with van der Waals surface area (Å²) in [4.78, 5) is 27.7. The molecule has 4 nitrogen and oxygen atoms in total. The maximum absolute atomic E-state index is 13.2. The van der Waals surface area contributed by atoms with Gasteiger partial charge in [0, 0.05) is 24.7 Å². The minimum atomic E-state index is -0.327. The summed E-state index contributed by atoms with van der Waals surface area (Å²) in [7, 11) is 1.66. The Hall–Kier alpha value is -3.73. The van der Waals surface area contributed by atoms with Crippen molar-refractivity contribution in [1.82, 2.24) is 4.90 Å². The van der Waals surface area contributed by atoms with Crippen molar-refractivity contribution in [3.8, 4) is 11.3 Å². The Kier molecular flexibility index (Phi) is 5.19. The van der Waals surface area contributed by atoms with Crippen molar-refractivity contribution >= 4 is 16.9 Å². The Morgan fingerprint density at radius 1 is 0.967 bits per heavy atom. The van der Waals surface area contributed by atoms with Gasteiger partial charge in [0.2, 0.25) is 0 Å². The van der Waals surface area contributed by atoms with Gasteiger partial charge in [0.15, 0.2) is 11.0 Å². The van der Waals surface area contributed by atoms with Gasteiger partial charge in [-0.25, -0.2) is 4.39 Å². The molecule has 0 fully saturated rings. The van der Waals surface area contributed by atoms with Gasteiger partial charge < -0.3 is 9.32 Å². The maximum atomic E-state index is 13.2. The fourth-order valence-electron chi connectivity index (χ4n) is 3.48. The summed E-state index contributed by atoms with van der Waals surface area (Å²) in [6, 6.07) is 20.3. The van der Waals surface area contributed by atoms with Crippen molar-refractivity contribution in [3.63, 3.8) is 0 Å². The van der Waals surface area contributed by atoms with Crippen LogP contribution in [0.4, 0.5) is 4.39 Å². The van der Waals surface area contributed by atoms with Crippen molar-refractivity contribution < 1.29 is 13.6 Å². The van der Waals surface area contributed by atoms with E-state index in [1.807, 2.05) is 30.3 Å². The smallest absolute Gasteiger partial charge is 0.257 e. The van der Waals surface area contributed by atoms with Crippen LogP contribution in [-0.4, -0.2) is 17.9 Å². The zero-order valence-corrected chi connectivity index (χ0v) is 16.7. The maximum Gasteiger partial charge on any atom is 0.257 e. The normalized spacial score (nSPS) is 10.9. The SMILES string of the molecule is Cc1c(-c2ccccc2)oc2c(C(=O)N(C)Cc3ccc(F)cc3)cccc2c1=O. The highest BCUT2D eigenvalue weighted by Crippen LogP contribution is 2.28. The molecule has 1 heterocycles. The molecule has 1 amide bonds. The molecule has 0 aliphatic carbocycles. The van der Waals surface area contributed by atoms with Crippen LogP contribution in [0.2, 0.25) is 0 Å². The number of halogens is 1. The third-order valence-electron chi connectivity index (χ3n) is 5.09. The molecule has 0 radical (unpaired) electrons. The Labute approximate surface area is 173 Å². The molecule has 4 aromatic rings. The zero-order chi connectivity index (χ0) is 21.3. The van der Waals surface area contributed by atoms with Gasteiger partial charge in [-0.2, -0.15) is 0 Å². The predicted octanol–water partition coefficient (Wildman–Crippen LogP) is 5.18. The van der Waals surface area contributed by atoms with Crippen molar-refractivity contribution in [2.24, 2.45) is 0 Å². The van der Waals surface area contributed by atoms with Crippen molar-refractivity contribution in [2.75, 3.05) is 7.05 Å². The summed E-state index contributed by atoms with van der Waals surface area (Å²) in [6.07, 6.45) is 0. The van der Waals surface area contributed by atoms with E-state index in [2.05, 4.69) is 0 Å². The van der Waals surface area contributed by atoms with Crippen molar-refractivity contribution in [2.45, 2.75) is 13.5 Å². The van der Waals surface area contributed by atoms with E-state index in [0.29, 0.717) is 28.8 Å². The van der Waals surface area contributed by atoms with Gasteiger partial charge >= 0.3 is 0 Å². The lowest BCUT2D eigenvalue weighted by molar-refractivity contribution is 0.0786. The summed E-state index contributed by atoms with van der Waals surface area (Å²) in [5.74, 6) is -0.155. The molecular weight excluding hydrogens is 381 g/mol. The molecule has 0 saturated heterocycles. The van der Waals surface area contributed by atoms with Crippen molar-refractivity contribution in [3.05, 3.63) is 106 Å². The molecule has 0 aliphatic rings. The molecule has 0 spiro atoms. The van der Waals surface area contributed by atoms with Crippen LogP contribution in [0, 0.1) is 12.7 Å². The number of carbonyl (C=O) groups excluding carboxylic acids is 1. The van der Waals surface area contributed by atoms with Crippen LogP contribution in [0.25, 0.3) is 22.3 Å². The molecule has 150 valence electrons. The number of para-hydroxylation sites is 1. The summed E-state index contributed by atoms with van der Waals surface area (Å²) in [6.45, 7) is 2.03. The van der Waals surface area contributed by atoms with Crippen LogP contribution >= 0.6 is 0 Å². The van der Waals surface area contributed by atoms with Gasteiger partial charge in [0.1, 0.15) is 11.6 Å². The topological polar surface area (TPSA) is 50.5 Å². The predicted molar refractivity (Wildman–Crippen MR) is 115 cm³/mol. The molecular formula is C25H20FNO3. The first-order chi connectivity index (χ1) is 14.5. The van der Waals surface area contributed by atoms with E-state index >= 15 is 0 Å². The van der Waals surface area contributed by atoms with Crippen molar-refractivity contribution in [1.29, 1.82) is 0 Å². The van der Waals surface area contributed by atoms with Gasteiger partial charge in [-0.05, 0) is 36.8 Å². The van der Waals surface area contributed by atoms with E-state index in [1.165, 1.54) is 17.0 Å². The second-order valence-electron chi connectivity index (χ2n) is 7.22. The Balaban J connectivity index is 1.79. The minimum absolute atomic E-state index is 0.161. The molecule has 30 heavy (non-hydrogen) atoms. The average molecular weight is 401 g/mol. The van der Waals surface area contributed by atoms with Crippen LogP contribution in [-0.2, 0) is 6.54 Å². The minimum Gasteiger partial charge on any atom is -0.455 e. The number of hydrogen-bond acceptors (Lipinski definition) is 3.